The van der Waals surface area contributed by atoms with E-state index in [0.717, 1.165) is 47.5 Å². The molecule has 1 aromatic carbocycles. The Kier molecular flexibility index (Phi) is 6.10. The van der Waals surface area contributed by atoms with E-state index < -0.39 is 11.9 Å². The summed E-state index contributed by atoms with van der Waals surface area (Å²) in [6, 6.07) is 7.40. The van der Waals surface area contributed by atoms with E-state index in [-0.39, 0.29) is 5.91 Å². The van der Waals surface area contributed by atoms with Crippen LogP contribution in [0, 0.1) is 6.92 Å². The van der Waals surface area contributed by atoms with Gasteiger partial charge < -0.3 is 4.90 Å². The van der Waals surface area contributed by atoms with Crippen LogP contribution >= 0.6 is 11.3 Å². The van der Waals surface area contributed by atoms with Gasteiger partial charge in [-0.05, 0) is 43.7 Å². The summed E-state index contributed by atoms with van der Waals surface area (Å²) in [5, 5.41) is 6.68. The quantitative estimate of drug-likeness (QED) is 0.604. The first kappa shape index (κ1) is 21.5. The summed E-state index contributed by atoms with van der Waals surface area (Å²) in [5.41, 5.74) is 1.09. The summed E-state index contributed by atoms with van der Waals surface area (Å²) in [6.07, 6.45) is -2.35. The number of aryl methyl sites for hydroxylation is 1. The molecular formula is C21H22F3N5OS. The lowest BCUT2D eigenvalue weighted by Gasteiger charge is -2.21. The monoisotopic (exact) mass is 449 g/mol. The molecule has 0 aliphatic carbocycles. The van der Waals surface area contributed by atoms with Crippen molar-refractivity contribution >= 4 is 17.2 Å². The lowest BCUT2D eigenvalue weighted by atomic mass is 10.1. The first-order valence-electron chi connectivity index (χ1n) is 9.95. The Morgan fingerprint density at radius 1 is 1.10 bits per heavy atom. The van der Waals surface area contributed by atoms with E-state index in [1.54, 1.807) is 35.6 Å². The molecule has 3 heterocycles. The summed E-state index contributed by atoms with van der Waals surface area (Å²) in [5.74, 6) is -0.0747. The van der Waals surface area contributed by atoms with Gasteiger partial charge in [0.05, 0.1) is 16.4 Å². The second-order valence-corrected chi connectivity index (χ2v) is 8.53. The molecule has 0 radical (unpaired) electrons. The fourth-order valence-electron chi connectivity index (χ4n) is 3.60. The van der Waals surface area contributed by atoms with Crippen LogP contribution in [0.5, 0.6) is 0 Å². The Labute approximate surface area is 181 Å². The van der Waals surface area contributed by atoms with Gasteiger partial charge in [0.1, 0.15) is 0 Å². The molecular weight excluding hydrogens is 427 g/mol. The average Bonchev–Trinajstić information content (AvgIpc) is 3.33. The van der Waals surface area contributed by atoms with Gasteiger partial charge in [-0.3, -0.25) is 9.69 Å². The van der Waals surface area contributed by atoms with Crippen LogP contribution in [0.2, 0.25) is 0 Å². The average molecular weight is 450 g/mol. The van der Waals surface area contributed by atoms with Gasteiger partial charge in [0.2, 0.25) is 0 Å². The molecule has 1 aliphatic rings. The number of carbonyl (C=O) groups is 1. The first-order chi connectivity index (χ1) is 14.8. The molecule has 3 aromatic rings. The minimum absolute atomic E-state index is 0.0747. The number of nitrogens with zero attached hydrogens (tertiary/aromatic N) is 5. The van der Waals surface area contributed by atoms with E-state index in [1.807, 2.05) is 11.8 Å². The van der Waals surface area contributed by atoms with Crippen molar-refractivity contribution in [3.63, 3.8) is 0 Å². The molecule has 1 saturated heterocycles. The highest BCUT2D eigenvalue weighted by Crippen LogP contribution is 2.28. The SMILES string of the molecule is Cc1nc(CN2CCCN(C(=O)c3ccc(-n4ccc(C(F)(F)F)n4)cc3)CC2)cs1. The van der Waals surface area contributed by atoms with Crippen LogP contribution < -0.4 is 0 Å². The number of thiazole rings is 1. The zero-order valence-corrected chi connectivity index (χ0v) is 17.8. The molecule has 0 bridgehead atoms. The lowest BCUT2D eigenvalue weighted by molar-refractivity contribution is -0.141. The summed E-state index contributed by atoms with van der Waals surface area (Å²) in [4.78, 5) is 21.6. The van der Waals surface area contributed by atoms with Gasteiger partial charge in [0, 0.05) is 49.9 Å². The minimum Gasteiger partial charge on any atom is -0.337 e. The fourth-order valence-corrected chi connectivity index (χ4v) is 4.20. The predicted molar refractivity (Wildman–Crippen MR) is 111 cm³/mol. The van der Waals surface area contributed by atoms with Crippen LogP contribution in [0.15, 0.2) is 41.9 Å². The maximum atomic E-state index is 12.9. The third-order valence-electron chi connectivity index (χ3n) is 5.19. The van der Waals surface area contributed by atoms with Gasteiger partial charge in [-0.25, -0.2) is 9.67 Å². The van der Waals surface area contributed by atoms with E-state index in [9.17, 15) is 18.0 Å². The third kappa shape index (κ3) is 5.13. The van der Waals surface area contributed by atoms with Crippen molar-refractivity contribution in [2.75, 3.05) is 26.2 Å². The topological polar surface area (TPSA) is 54.3 Å². The zero-order chi connectivity index (χ0) is 22.0. The number of benzene rings is 1. The number of hydrogen-bond donors (Lipinski definition) is 0. The van der Waals surface area contributed by atoms with E-state index in [2.05, 4.69) is 20.4 Å². The van der Waals surface area contributed by atoms with Crippen LogP contribution in [0.3, 0.4) is 0 Å². The minimum atomic E-state index is -4.49. The van der Waals surface area contributed by atoms with Gasteiger partial charge >= 0.3 is 6.18 Å². The number of halogens is 3. The van der Waals surface area contributed by atoms with Crippen molar-refractivity contribution in [2.45, 2.75) is 26.1 Å². The summed E-state index contributed by atoms with van der Waals surface area (Å²) >= 11 is 1.64. The Bertz CT molecular complexity index is 1040. The molecule has 0 atom stereocenters. The third-order valence-corrected chi connectivity index (χ3v) is 6.01. The molecule has 0 N–H and O–H groups in total. The highest BCUT2D eigenvalue weighted by molar-refractivity contribution is 7.09. The summed E-state index contributed by atoms with van der Waals surface area (Å²) in [6.45, 7) is 5.74. The van der Waals surface area contributed by atoms with Crippen LogP contribution in [-0.2, 0) is 12.7 Å². The number of carbonyl (C=O) groups excluding carboxylic acids is 1. The molecule has 0 spiro atoms. The predicted octanol–water partition coefficient (Wildman–Crippen LogP) is 4.00. The molecule has 4 rings (SSSR count). The summed E-state index contributed by atoms with van der Waals surface area (Å²) < 4.78 is 39.4. The maximum absolute atomic E-state index is 12.9. The van der Waals surface area contributed by atoms with Crippen LogP contribution in [0.25, 0.3) is 5.69 Å². The number of hydrogen-bond acceptors (Lipinski definition) is 5. The van der Waals surface area contributed by atoms with Crippen LogP contribution in [0.4, 0.5) is 13.2 Å². The molecule has 31 heavy (non-hydrogen) atoms. The van der Waals surface area contributed by atoms with Crippen molar-refractivity contribution in [2.24, 2.45) is 0 Å². The van der Waals surface area contributed by atoms with E-state index in [4.69, 9.17) is 0 Å². The van der Waals surface area contributed by atoms with Crippen LogP contribution in [-0.4, -0.2) is 56.7 Å². The molecule has 6 nitrogen and oxygen atoms in total. The Balaban J connectivity index is 1.38. The molecule has 1 fully saturated rings. The first-order valence-corrected chi connectivity index (χ1v) is 10.8. The van der Waals surface area contributed by atoms with Crippen molar-refractivity contribution in [1.29, 1.82) is 0 Å². The molecule has 0 unspecified atom stereocenters. The van der Waals surface area contributed by atoms with Crippen molar-refractivity contribution in [3.05, 3.63) is 63.9 Å². The molecule has 10 heteroatoms. The lowest BCUT2D eigenvalue weighted by Crippen LogP contribution is -2.35. The normalized spacial score (nSPS) is 15.8. The molecule has 1 amide bonds. The molecule has 2 aromatic heterocycles. The van der Waals surface area contributed by atoms with Crippen molar-refractivity contribution < 1.29 is 18.0 Å². The fraction of sp³-hybridized carbons (Fsp3) is 0.381. The van der Waals surface area contributed by atoms with Gasteiger partial charge in [0.25, 0.3) is 5.91 Å². The molecule has 164 valence electrons. The van der Waals surface area contributed by atoms with E-state index in [0.29, 0.717) is 24.3 Å². The maximum Gasteiger partial charge on any atom is 0.435 e. The number of alkyl halides is 3. The van der Waals surface area contributed by atoms with Gasteiger partial charge in [-0.2, -0.15) is 18.3 Å². The van der Waals surface area contributed by atoms with Gasteiger partial charge in [-0.1, -0.05) is 0 Å². The van der Waals surface area contributed by atoms with E-state index in [1.165, 1.54) is 6.20 Å². The van der Waals surface area contributed by atoms with Gasteiger partial charge in [0.15, 0.2) is 5.69 Å². The second kappa shape index (κ2) is 8.80. The highest BCUT2D eigenvalue weighted by Gasteiger charge is 2.33. The Morgan fingerprint density at radius 3 is 2.52 bits per heavy atom. The number of amides is 1. The smallest absolute Gasteiger partial charge is 0.337 e. The van der Waals surface area contributed by atoms with Crippen molar-refractivity contribution in [1.82, 2.24) is 24.6 Å². The van der Waals surface area contributed by atoms with Crippen molar-refractivity contribution in [3.8, 4) is 5.69 Å². The second-order valence-electron chi connectivity index (χ2n) is 7.47. The molecule has 0 saturated carbocycles. The number of aromatic nitrogens is 3. The highest BCUT2D eigenvalue weighted by atomic mass is 32.1. The van der Waals surface area contributed by atoms with Crippen LogP contribution in [0.1, 0.15) is 33.2 Å². The molecule has 1 aliphatic heterocycles. The summed E-state index contributed by atoms with van der Waals surface area (Å²) in [7, 11) is 0. The number of rotatable bonds is 4. The van der Waals surface area contributed by atoms with Gasteiger partial charge in [-0.15, -0.1) is 11.3 Å². The zero-order valence-electron chi connectivity index (χ0n) is 17.0. The Morgan fingerprint density at radius 2 is 1.87 bits per heavy atom. The Hall–Kier alpha value is -2.72. The largest absolute Gasteiger partial charge is 0.435 e. The van der Waals surface area contributed by atoms with E-state index >= 15 is 0 Å². The standard InChI is InChI=1S/C21H22F3N5OS/c1-15-25-17(14-31-15)13-27-8-2-9-28(12-11-27)20(30)16-3-5-18(6-4-16)29-10-7-19(26-29)21(22,23)24/h3-7,10,14H,2,8-9,11-13H2,1H3.